The number of nitrogens with zero attached hydrogens (tertiary/aromatic N) is 4. The first-order chi connectivity index (χ1) is 18.3. The van der Waals surface area contributed by atoms with Crippen LogP contribution in [0.5, 0.6) is 0 Å². The first-order valence-corrected chi connectivity index (χ1v) is 14.1. The summed E-state index contributed by atoms with van der Waals surface area (Å²) < 4.78 is 96.0. The standard InChI is InChI=1S/C22H19ClF5N7O2S2/c23-18-17(10-7-14(22(26,27)28)19(29)30-9-10)35-21(32-18)38-20(33-35)31-12-2-4-13(5-3-12)34-39(36,37)16-6-1-11(24)8-15(16)25/h1,6-9,12-13,34H,2-5H2,(H2,29,30)(H,31,33)/t12-,13-. The minimum Gasteiger partial charge on any atom is -0.383 e. The van der Waals surface area contributed by atoms with E-state index < -0.39 is 50.2 Å². The van der Waals surface area contributed by atoms with Gasteiger partial charge in [0.05, 0.1) is 5.56 Å². The first kappa shape index (κ1) is 27.5. The molecule has 0 bridgehead atoms. The van der Waals surface area contributed by atoms with Crippen molar-refractivity contribution in [2.75, 3.05) is 11.1 Å². The lowest BCUT2D eigenvalue weighted by molar-refractivity contribution is -0.137. The first-order valence-electron chi connectivity index (χ1n) is 11.4. The van der Waals surface area contributed by atoms with E-state index in [1.165, 1.54) is 4.52 Å². The summed E-state index contributed by atoms with van der Waals surface area (Å²) in [4.78, 5) is 7.54. The second-order valence-corrected chi connectivity index (χ2v) is 11.9. The van der Waals surface area contributed by atoms with E-state index in [0.29, 0.717) is 41.8 Å². The van der Waals surface area contributed by atoms with Gasteiger partial charge in [0.15, 0.2) is 5.15 Å². The molecule has 1 aromatic carbocycles. The van der Waals surface area contributed by atoms with Gasteiger partial charge in [0.1, 0.15) is 28.0 Å². The van der Waals surface area contributed by atoms with Gasteiger partial charge in [-0.15, -0.1) is 5.10 Å². The largest absolute Gasteiger partial charge is 0.419 e. The van der Waals surface area contributed by atoms with Crippen molar-refractivity contribution >= 4 is 48.9 Å². The molecule has 17 heteroatoms. The average Bonchev–Trinajstić information content (AvgIpc) is 3.35. The van der Waals surface area contributed by atoms with Crippen molar-refractivity contribution in [3.05, 3.63) is 52.8 Å². The lowest BCUT2D eigenvalue weighted by atomic mass is 9.92. The number of rotatable bonds is 6. The number of hydrogen-bond donors (Lipinski definition) is 3. The quantitative estimate of drug-likeness (QED) is 0.261. The van der Waals surface area contributed by atoms with Crippen molar-refractivity contribution in [2.45, 2.75) is 48.8 Å². The van der Waals surface area contributed by atoms with Crippen LogP contribution in [-0.2, 0) is 16.2 Å². The second kappa shape index (κ2) is 10.1. The normalized spacial score (nSPS) is 18.5. The fourth-order valence-corrected chi connectivity index (χ4v) is 6.92. The molecule has 9 nitrogen and oxygen atoms in total. The average molecular weight is 608 g/mol. The summed E-state index contributed by atoms with van der Waals surface area (Å²) in [5.41, 5.74) is 4.46. The van der Waals surface area contributed by atoms with Crippen LogP contribution in [0.2, 0.25) is 5.15 Å². The zero-order valence-electron chi connectivity index (χ0n) is 19.6. The van der Waals surface area contributed by atoms with Crippen LogP contribution in [0.4, 0.5) is 32.9 Å². The van der Waals surface area contributed by atoms with Gasteiger partial charge in [0.25, 0.3) is 0 Å². The maximum Gasteiger partial charge on any atom is 0.419 e. The second-order valence-electron chi connectivity index (χ2n) is 8.90. The number of nitrogens with two attached hydrogens (primary N) is 1. The lowest BCUT2D eigenvalue weighted by Crippen LogP contribution is -2.40. The third-order valence-electron chi connectivity index (χ3n) is 6.22. The van der Waals surface area contributed by atoms with E-state index >= 15 is 0 Å². The van der Waals surface area contributed by atoms with Gasteiger partial charge < -0.3 is 11.1 Å². The molecule has 3 aromatic heterocycles. The van der Waals surface area contributed by atoms with Crippen LogP contribution in [0.1, 0.15) is 31.2 Å². The monoisotopic (exact) mass is 607 g/mol. The Morgan fingerprint density at radius 2 is 1.79 bits per heavy atom. The Labute approximate surface area is 227 Å². The topological polar surface area (TPSA) is 127 Å². The lowest BCUT2D eigenvalue weighted by Gasteiger charge is -2.29. The smallest absolute Gasteiger partial charge is 0.383 e. The SMILES string of the molecule is Nc1ncc(-c2c(Cl)nc3sc(N[C@H]4CC[C@H](NS(=O)(=O)c5ccc(F)cc5F)CC4)nn23)cc1C(F)(F)F. The molecule has 208 valence electrons. The van der Waals surface area contributed by atoms with E-state index in [-0.39, 0.29) is 22.5 Å². The van der Waals surface area contributed by atoms with Crippen molar-refractivity contribution in [1.29, 1.82) is 0 Å². The molecule has 1 aliphatic carbocycles. The number of benzene rings is 1. The molecule has 4 N–H and O–H groups in total. The van der Waals surface area contributed by atoms with Crippen LogP contribution in [-0.4, -0.2) is 40.1 Å². The Morgan fingerprint density at radius 1 is 1.10 bits per heavy atom. The highest BCUT2D eigenvalue weighted by molar-refractivity contribution is 7.89. The Bertz CT molecular complexity index is 1650. The summed E-state index contributed by atoms with van der Waals surface area (Å²) in [7, 11) is -4.17. The third-order valence-corrected chi connectivity index (χ3v) is 8.88. The number of anilines is 2. The van der Waals surface area contributed by atoms with E-state index in [2.05, 4.69) is 25.1 Å². The van der Waals surface area contributed by atoms with Crippen LogP contribution < -0.4 is 15.8 Å². The minimum absolute atomic E-state index is 0.0382. The molecule has 39 heavy (non-hydrogen) atoms. The van der Waals surface area contributed by atoms with Crippen LogP contribution in [0, 0.1) is 11.6 Å². The van der Waals surface area contributed by atoms with Crippen molar-refractivity contribution in [2.24, 2.45) is 0 Å². The van der Waals surface area contributed by atoms with Gasteiger partial charge in [0.2, 0.25) is 20.1 Å². The fraction of sp³-hybridized carbons (Fsp3) is 0.318. The van der Waals surface area contributed by atoms with Gasteiger partial charge in [-0.2, -0.15) is 17.7 Å². The number of imidazole rings is 1. The number of halogens is 6. The number of hydrogen-bond acceptors (Lipinski definition) is 8. The highest BCUT2D eigenvalue weighted by Crippen LogP contribution is 2.38. The van der Waals surface area contributed by atoms with Crippen LogP contribution in [0.15, 0.2) is 35.4 Å². The molecule has 0 spiro atoms. The molecule has 1 aliphatic rings. The molecule has 0 aliphatic heterocycles. The Morgan fingerprint density at radius 3 is 2.46 bits per heavy atom. The van der Waals surface area contributed by atoms with Crippen molar-refractivity contribution in [1.82, 2.24) is 24.3 Å². The van der Waals surface area contributed by atoms with Crippen LogP contribution >= 0.6 is 22.9 Å². The summed E-state index contributed by atoms with van der Waals surface area (Å²) in [6.07, 6.45) is -1.57. The van der Waals surface area contributed by atoms with Crippen molar-refractivity contribution in [3.63, 3.8) is 0 Å². The van der Waals surface area contributed by atoms with E-state index in [9.17, 15) is 30.4 Å². The summed E-state index contributed by atoms with van der Waals surface area (Å²) >= 11 is 7.34. The van der Waals surface area contributed by atoms with Crippen LogP contribution in [0.25, 0.3) is 16.2 Å². The highest BCUT2D eigenvalue weighted by Gasteiger charge is 2.35. The van der Waals surface area contributed by atoms with Gasteiger partial charge in [-0.3, -0.25) is 0 Å². The van der Waals surface area contributed by atoms with Gasteiger partial charge in [-0.25, -0.2) is 31.9 Å². The molecule has 5 rings (SSSR count). The predicted octanol–water partition coefficient (Wildman–Crippen LogP) is 5.09. The Kier molecular flexibility index (Phi) is 7.15. The minimum atomic E-state index is -4.71. The Hall–Kier alpha value is -3.08. The predicted molar refractivity (Wildman–Crippen MR) is 135 cm³/mol. The molecule has 4 aromatic rings. The summed E-state index contributed by atoms with van der Waals surface area (Å²) in [5.74, 6) is -2.71. The number of pyridine rings is 1. The van der Waals surface area contributed by atoms with E-state index in [4.69, 9.17) is 17.3 Å². The number of alkyl halides is 3. The molecule has 0 saturated heterocycles. The molecular formula is C22H19ClF5N7O2S2. The maximum absolute atomic E-state index is 14.0. The number of sulfonamides is 1. The molecular weight excluding hydrogens is 589 g/mol. The molecule has 0 atom stereocenters. The molecule has 1 saturated carbocycles. The fourth-order valence-electron chi connectivity index (χ4n) is 4.36. The van der Waals surface area contributed by atoms with E-state index in [1.807, 2.05) is 0 Å². The highest BCUT2D eigenvalue weighted by atomic mass is 35.5. The van der Waals surface area contributed by atoms with Gasteiger partial charge in [0, 0.05) is 29.9 Å². The summed E-state index contributed by atoms with van der Waals surface area (Å²) in [5, 5.41) is 8.03. The molecule has 0 amide bonds. The Balaban J connectivity index is 1.27. The zero-order chi connectivity index (χ0) is 28.1. The third kappa shape index (κ3) is 5.64. The summed E-state index contributed by atoms with van der Waals surface area (Å²) in [6.45, 7) is 0. The molecule has 0 radical (unpaired) electrons. The number of nitrogens with one attached hydrogen (secondary N) is 2. The number of aromatic nitrogens is 4. The van der Waals surface area contributed by atoms with Gasteiger partial charge in [-0.1, -0.05) is 22.9 Å². The van der Waals surface area contributed by atoms with Crippen molar-refractivity contribution < 1.29 is 30.4 Å². The zero-order valence-corrected chi connectivity index (χ0v) is 22.0. The van der Waals surface area contributed by atoms with E-state index in [0.717, 1.165) is 35.7 Å². The molecule has 3 heterocycles. The number of nitrogen functional groups attached to an aromatic ring is 1. The van der Waals surface area contributed by atoms with Crippen molar-refractivity contribution in [3.8, 4) is 11.3 Å². The van der Waals surface area contributed by atoms with Gasteiger partial charge >= 0.3 is 6.18 Å². The maximum atomic E-state index is 14.0. The molecule has 0 unspecified atom stereocenters. The summed E-state index contributed by atoms with van der Waals surface area (Å²) in [6, 6.07) is 2.57. The van der Waals surface area contributed by atoms with Crippen LogP contribution in [0.3, 0.4) is 0 Å². The van der Waals surface area contributed by atoms with E-state index in [1.54, 1.807) is 0 Å². The molecule has 1 fully saturated rings. The van der Waals surface area contributed by atoms with Gasteiger partial charge in [-0.05, 0) is 43.9 Å². The number of fused-ring (bicyclic) bond motifs is 1.